The maximum Gasteiger partial charge on any atom is 0.224 e. The number of carbonyl (C=O) groups excluding carboxylic acids is 2. The lowest BCUT2D eigenvalue weighted by Gasteiger charge is -2.44. The maximum atomic E-state index is 13.1. The molecule has 2 aromatic carbocycles. The Morgan fingerprint density at radius 3 is 2.40 bits per heavy atom. The molecule has 1 amide bonds. The molecule has 3 rings (SSSR count). The highest BCUT2D eigenvalue weighted by atomic mass is 35.5. The summed E-state index contributed by atoms with van der Waals surface area (Å²) < 4.78 is 25.3. The molecule has 1 aliphatic rings. The fourth-order valence-corrected chi connectivity index (χ4v) is 5.62. The van der Waals surface area contributed by atoms with Crippen LogP contribution in [0.2, 0.25) is 5.02 Å². The second kappa shape index (κ2) is 8.90. The highest BCUT2D eigenvalue weighted by Crippen LogP contribution is 2.42. The van der Waals surface area contributed by atoms with Crippen LogP contribution in [0.15, 0.2) is 53.4 Å². The van der Waals surface area contributed by atoms with Crippen LogP contribution >= 0.6 is 11.6 Å². The molecule has 1 atom stereocenters. The summed E-state index contributed by atoms with van der Waals surface area (Å²) in [4.78, 5) is 27.8. The zero-order valence-electron chi connectivity index (χ0n) is 17.2. The van der Waals surface area contributed by atoms with Crippen molar-refractivity contribution in [3.05, 3.63) is 64.7 Å². The van der Waals surface area contributed by atoms with Crippen molar-refractivity contribution >= 4 is 33.1 Å². The number of benzene rings is 2. The van der Waals surface area contributed by atoms with Gasteiger partial charge in [-0.25, -0.2) is 8.42 Å². The predicted molar refractivity (Wildman–Crippen MR) is 117 cm³/mol. The van der Waals surface area contributed by atoms with Crippen molar-refractivity contribution in [1.29, 1.82) is 0 Å². The molecular formula is C23H26ClNO4S. The molecule has 1 unspecified atom stereocenters. The van der Waals surface area contributed by atoms with Gasteiger partial charge in [0, 0.05) is 30.5 Å². The van der Waals surface area contributed by atoms with E-state index in [1.165, 1.54) is 4.90 Å². The summed E-state index contributed by atoms with van der Waals surface area (Å²) in [5.74, 6) is -0.758. The first-order valence-corrected chi connectivity index (χ1v) is 12.1. The van der Waals surface area contributed by atoms with E-state index in [9.17, 15) is 18.0 Å². The van der Waals surface area contributed by atoms with Crippen LogP contribution in [-0.4, -0.2) is 37.8 Å². The van der Waals surface area contributed by atoms with Gasteiger partial charge in [0.1, 0.15) is 5.54 Å². The average Bonchev–Trinajstić information content (AvgIpc) is 2.73. The number of sulfone groups is 1. The van der Waals surface area contributed by atoms with E-state index in [0.29, 0.717) is 23.4 Å². The summed E-state index contributed by atoms with van der Waals surface area (Å²) in [6.07, 6.45) is 2.20. The minimum Gasteiger partial charge on any atom is -0.329 e. The lowest BCUT2D eigenvalue weighted by Crippen LogP contribution is -2.54. The second-order valence-corrected chi connectivity index (χ2v) is 10.3. The van der Waals surface area contributed by atoms with Gasteiger partial charge in [0.2, 0.25) is 5.91 Å². The number of halogens is 1. The standard InChI is InChI=1S/C23H26ClNO4S/c1-17-10-12-18(13-11-17)30(28,29)16-14-22(27)25(2)23(15-6-5-9-21(23)26)19-7-3-4-8-20(19)24/h3-4,7-8,10-13H,5-6,9,14-16H2,1-2H3. The topological polar surface area (TPSA) is 71.5 Å². The van der Waals surface area contributed by atoms with Crippen molar-refractivity contribution in [1.82, 2.24) is 4.90 Å². The Balaban J connectivity index is 1.86. The summed E-state index contributed by atoms with van der Waals surface area (Å²) in [6, 6.07) is 13.6. The fourth-order valence-electron chi connectivity index (χ4n) is 4.10. The van der Waals surface area contributed by atoms with Gasteiger partial charge in [-0.3, -0.25) is 9.59 Å². The molecule has 1 saturated carbocycles. The molecule has 0 radical (unpaired) electrons. The molecule has 0 spiro atoms. The van der Waals surface area contributed by atoms with E-state index in [2.05, 4.69) is 0 Å². The largest absolute Gasteiger partial charge is 0.329 e. The zero-order chi connectivity index (χ0) is 21.9. The lowest BCUT2D eigenvalue weighted by molar-refractivity contribution is -0.147. The van der Waals surface area contributed by atoms with Crippen LogP contribution in [0.25, 0.3) is 0 Å². The molecule has 7 heteroatoms. The van der Waals surface area contributed by atoms with Gasteiger partial charge in [-0.1, -0.05) is 47.5 Å². The number of hydrogen-bond acceptors (Lipinski definition) is 4. The van der Waals surface area contributed by atoms with Crippen molar-refractivity contribution in [3.63, 3.8) is 0 Å². The summed E-state index contributed by atoms with van der Waals surface area (Å²) in [7, 11) is -2.02. The molecule has 30 heavy (non-hydrogen) atoms. The fraction of sp³-hybridized carbons (Fsp3) is 0.391. The number of hydrogen-bond donors (Lipinski definition) is 0. The van der Waals surface area contributed by atoms with Gasteiger partial charge in [-0.2, -0.15) is 0 Å². The summed E-state index contributed by atoms with van der Waals surface area (Å²) in [6.45, 7) is 1.88. The van der Waals surface area contributed by atoms with E-state index in [-0.39, 0.29) is 28.8 Å². The third-order valence-electron chi connectivity index (χ3n) is 5.88. The molecule has 1 fully saturated rings. The monoisotopic (exact) mass is 447 g/mol. The number of rotatable bonds is 6. The quantitative estimate of drug-likeness (QED) is 0.661. The Bertz CT molecular complexity index is 1050. The molecule has 1 aliphatic carbocycles. The van der Waals surface area contributed by atoms with E-state index >= 15 is 0 Å². The van der Waals surface area contributed by atoms with E-state index in [0.717, 1.165) is 18.4 Å². The molecule has 0 bridgehead atoms. The molecule has 0 saturated heterocycles. The number of amides is 1. The van der Waals surface area contributed by atoms with Crippen molar-refractivity contribution in [2.75, 3.05) is 12.8 Å². The Kier molecular flexibility index (Phi) is 6.68. The van der Waals surface area contributed by atoms with Crippen molar-refractivity contribution in [2.24, 2.45) is 0 Å². The van der Waals surface area contributed by atoms with Gasteiger partial charge in [-0.15, -0.1) is 0 Å². The normalized spacial score (nSPS) is 19.5. The van der Waals surface area contributed by atoms with Crippen LogP contribution in [0.5, 0.6) is 0 Å². The number of likely N-dealkylation sites (N-methyl/N-ethyl adjacent to an activating group) is 1. The van der Waals surface area contributed by atoms with Crippen molar-refractivity contribution in [2.45, 2.75) is 49.5 Å². The number of ketones is 1. The highest BCUT2D eigenvalue weighted by Gasteiger charge is 2.47. The lowest BCUT2D eigenvalue weighted by atomic mass is 9.74. The number of aryl methyl sites for hydroxylation is 1. The molecule has 0 heterocycles. The van der Waals surface area contributed by atoms with Gasteiger partial charge in [0.15, 0.2) is 15.6 Å². The first-order valence-electron chi connectivity index (χ1n) is 10.0. The summed E-state index contributed by atoms with van der Waals surface area (Å²) in [5.41, 5.74) is 0.414. The van der Waals surface area contributed by atoms with Crippen LogP contribution in [0.3, 0.4) is 0 Å². The smallest absolute Gasteiger partial charge is 0.224 e. The highest BCUT2D eigenvalue weighted by molar-refractivity contribution is 7.91. The van der Waals surface area contributed by atoms with Crippen LogP contribution in [0.4, 0.5) is 0 Å². The third kappa shape index (κ3) is 4.30. The Morgan fingerprint density at radius 2 is 1.77 bits per heavy atom. The first-order chi connectivity index (χ1) is 14.2. The Labute approximate surface area is 183 Å². The van der Waals surface area contributed by atoms with E-state index in [1.807, 2.05) is 6.92 Å². The van der Waals surface area contributed by atoms with E-state index in [4.69, 9.17) is 11.6 Å². The summed E-state index contributed by atoms with van der Waals surface area (Å²) >= 11 is 6.42. The van der Waals surface area contributed by atoms with Crippen LogP contribution in [-0.2, 0) is 25.0 Å². The number of nitrogens with zero attached hydrogens (tertiary/aromatic N) is 1. The van der Waals surface area contributed by atoms with Gasteiger partial charge < -0.3 is 4.90 Å². The van der Waals surface area contributed by atoms with Gasteiger partial charge >= 0.3 is 0 Å². The van der Waals surface area contributed by atoms with Crippen molar-refractivity contribution in [3.8, 4) is 0 Å². The SMILES string of the molecule is Cc1ccc(S(=O)(=O)CCC(=O)N(C)C2(c3ccccc3Cl)CCCCC2=O)cc1. The summed E-state index contributed by atoms with van der Waals surface area (Å²) in [5, 5.41) is 0.430. The van der Waals surface area contributed by atoms with Crippen LogP contribution in [0, 0.1) is 6.92 Å². The molecule has 160 valence electrons. The molecule has 0 aromatic heterocycles. The maximum absolute atomic E-state index is 13.1. The van der Waals surface area contributed by atoms with E-state index in [1.54, 1.807) is 55.6 Å². The minimum atomic E-state index is -3.60. The molecule has 5 nitrogen and oxygen atoms in total. The number of Topliss-reactive ketones (excluding diaryl/α,β-unsaturated/α-hetero) is 1. The first kappa shape index (κ1) is 22.5. The van der Waals surface area contributed by atoms with Crippen LogP contribution < -0.4 is 0 Å². The predicted octanol–water partition coefficient (Wildman–Crippen LogP) is 4.31. The van der Waals surface area contributed by atoms with Gasteiger partial charge in [0.25, 0.3) is 0 Å². The van der Waals surface area contributed by atoms with Crippen molar-refractivity contribution < 1.29 is 18.0 Å². The minimum absolute atomic E-state index is 0.0564. The molecule has 0 N–H and O–H groups in total. The number of carbonyl (C=O) groups is 2. The molecule has 0 aliphatic heterocycles. The van der Waals surface area contributed by atoms with Gasteiger partial charge in [-0.05, 0) is 44.4 Å². The van der Waals surface area contributed by atoms with E-state index < -0.39 is 15.4 Å². The Hall–Kier alpha value is -2.18. The zero-order valence-corrected chi connectivity index (χ0v) is 18.8. The second-order valence-electron chi connectivity index (χ2n) is 7.81. The molecule has 2 aromatic rings. The molecular weight excluding hydrogens is 422 g/mol. The van der Waals surface area contributed by atoms with Gasteiger partial charge in [0.05, 0.1) is 10.6 Å². The third-order valence-corrected chi connectivity index (χ3v) is 7.95. The Morgan fingerprint density at radius 1 is 1.10 bits per heavy atom. The average molecular weight is 448 g/mol. The van der Waals surface area contributed by atoms with Crippen LogP contribution in [0.1, 0.15) is 43.2 Å².